The molecule has 40 heavy (non-hydrogen) atoms. The van der Waals surface area contributed by atoms with E-state index in [0.717, 1.165) is 34.2 Å². The molecule has 0 aliphatic rings. The molecular formula is C32H41N3O4S. The van der Waals surface area contributed by atoms with E-state index < -0.39 is 28.5 Å². The highest BCUT2D eigenvalue weighted by atomic mass is 32.2. The van der Waals surface area contributed by atoms with E-state index in [1.807, 2.05) is 71.9 Å². The smallest absolute Gasteiger partial charge is 0.264 e. The highest BCUT2D eigenvalue weighted by molar-refractivity contribution is 7.92. The molecule has 0 saturated carbocycles. The fourth-order valence-corrected chi connectivity index (χ4v) is 5.85. The molecule has 0 saturated heterocycles. The van der Waals surface area contributed by atoms with E-state index in [4.69, 9.17) is 0 Å². The number of hydrogen-bond acceptors (Lipinski definition) is 4. The second kappa shape index (κ2) is 13.1. The molecule has 2 atom stereocenters. The first kappa shape index (κ1) is 30.9. The van der Waals surface area contributed by atoms with Gasteiger partial charge in [0.2, 0.25) is 11.8 Å². The first-order valence-corrected chi connectivity index (χ1v) is 15.1. The molecule has 2 amide bonds. The largest absolute Gasteiger partial charge is 0.352 e. The summed E-state index contributed by atoms with van der Waals surface area (Å²) >= 11 is 0. The highest BCUT2D eigenvalue weighted by Gasteiger charge is 2.33. The zero-order chi connectivity index (χ0) is 29.6. The number of nitrogens with zero attached hydrogens (tertiary/aromatic N) is 2. The summed E-state index contributed by atoms with van der Waals surface area (Å²) in [5, 5.41) is 2.96. The molecule has 0 aliphatic heterocycles. The molecule has 2 unspecified atom stereocenters. The van der Waals surface area contributed by atoms with Crippen molar-refractivity contribution in [2.45, 2.75) is 78.4 Å². The lowest BCUT2D eigenvalue weighted by atomic mass is 10.1. The lowest BCUT2D eigenvalue weighted by Crippen LogP contribution is -2.52. The molecule has 0 aromatic heterocycles. The van der Waals surface area contributed by atoms with Gasteiger partial charge in [-0.25, -0.2) is 8.42 Å². The van der Waals surface area contributed by atoms with Crippen LogP contribution in [0.2, 0.25) is 0 Å². The molecule has 0 heterocycles. The standard InChI is InChI=1S/C32H41N3O4S/c1-8-25(5)33-32(37)27(7)34(20-28-14-10-9-12-24(28)4)31(36)21-35(30-15-11-13-23(3)26(30)6)40(38,39)29-18-16-22(2)17-19-29/h9-19,25,27H,8,20-21H2,1-7H3,(H,33,37). The molecule has 1 N–H and O–H groups in total. The summed E-state index contributed by atoms with van der Waals surface area (Å²) < 4.78 is 29.3. The molecule has 8 heteroatoms. The predicted molar refractivity (Wildman–Crippen MR) is 161 cm³/mol. The fraction of sp³-hybridized carbons (Fsp3) is 0.375. The summed E-state index contributed by atoms with van der Waals surface area (Å²) in [7, 11) is -4.10. The van der Waals surface area contributed by atoms with Crippen LogP contribution in [-0.2, 0) is 26.2 Å². The van der Waals surface area contributed by atoms with Gasteiger partial charge in [-0.15, -0.1) is 0 Å². The first-order chi connectivity index (χ1) is 18.9. The van der Waals surface area contributed by atoms with Gasteiger partial charge in [-0.2, -0.15) is 0 Å². The number of hydrogen-bond donors (Lipinski definition) is 1. The quantitative estimate of drug-likeness (QED) is 0.336. The van der Waals surface area contributed by atoms with Crippen molar-refractivity contribution >= 4 is 27.5 Å². The van der Waals surface area contributed by atoms with Gasteiger partial charge in [-0.1, -0.05) is 61.0 Å². The Morgan fingerprint density at radius 2 is 1.48 bits per heavy atom. The molecule has 3 rings (SSSR count). The van der Waals surface area contributed by atoms with Gasteiger partial charge in [-0.05, 0) is 88.4 Å². The van der Waals surface area contributed by atoms with Crippen molar-refractivity contribution in [3.8, 4) is 0 Å². The summed E-state index contributed by atoms with van der Waals surface area (Å²) in [5.74, 6) is -0.748. The lowest BCUT2D eigenvalue weighted by molar-refractivity contribution is -0.139. The minimum absolute atomic E-state index is 0.0567. The number of amides is 2. The zero-order valence-electron chi connectivity index (χ0n) is 24.6. The van der Waals surface area contributed by atoms with Gasteiger partial charge < -0.3 is 10.2 Å². The van der Waals surface area contributed by atoms with Gasteiger partial charge >= 0.3 is 0 Å². The van der Waals surface area contributed by atoms with Crippen LogP contribution in [0.4, 0.5) is 5.69 Å². The molecule has 214 valence electrons. The zero-order valence-corrected chi connectivity index (χ0v) is 25.4. The van der Waals surface area contributed by atoms with Crippen LogP contribution in [0.3, 0.4) is 0 Å². The summed E-state index contributed by atoms with van der Waals surface area (Å²) in [5.41, 5.74) is 4.90. The predicted octanol–water partition coefficient (Wildman–Crippen LogP) is 5.45. The van der Waals surface area contributed by atoms with E-state index in [2.05, 4.69) is 5.32 Å². The molecule has 7 nitrogen and oxygen atoms in total. The van der Waals surface area contributed by atoms with Crippen LogP contribution in [0.1, 0.15) is 55.0 Å². The summed E-state index contributed by atoms with van der Waals surface area (Å²) in [4.78, 5) is 28.9. The average Bonchev–Trinajstić information content (AvgIpc) is 2.92. The topological polar surface area (TPSA) is 86.8 Å². The van der Waals surface area contributed by atoms with Crippen LogP contribution in [0, 0.1) is 27.7 Å². The number of rotatable bonds is 11. The molecule has 0 aliphatic carbocycles. The lowest BCUT2D eigenvalue weighted by Gasteiger charge is -2.33. The first-order valence-electron chi connectivity index (χ1n) is 13.7. The van der Waals surface area contributed by atoms with Gasteiger partial charge in [0.15, 0.2) is 0 Å². The van der Waals surface area contributed by atoms with E-state index >= 15 is 0 Å². The van der Waals surface area contributed by atoms with E-state index in [-0.39, 0.29) is 23.4 Å². The van der Waals surface area contributed by atoms with E-state index in [0.29, 0.717) is 5.69 Å². The van der Waals surface area contributed by atoms with E-state index in [1.54, 1.807) is 43.3 Å². The van der Waals surface area contributed by atoms with Gasteiger partial charge in [0.1, 0.15) is 12.6 Å². The molecule has 3 aromatic rings. The fourth-order valence-electron chi connectivity index (χ4n) is 4.38. The Morgan fingerprint density at radius 3 is 2.10 bits per heavy atom. The van der Waals surface area contributed by atoms with E-state index in [9.17, 15) is 18.0 Å². The highest BCUT2D eigenvalue weighted by Crippen LogP contribution is 2.29. The van der Waals surface area contributed by atoms with Crippen molar-refractivity contribution in [3.05, 3.63) is 94.5 Å². The Balaban J connectivity index is 2.08. The van der Waals surface area contributed by atoms with Crippen LogP contribution in [0.25, 0.3) is 0 Å². The van der Waals surface area contributed by atoms with Crippen LogP contribution < -0.4 is 9.62 Å². The maximum Gasteiger partial charge on any atom is 0.264 e. The number of anilines is 1. The molecule has 0 bridgehead atoms. The van der Waals surface area contributed by atoms with Crippen molar-refractivity contribution in [3.63, 3.8) is 0 Å². The number of sulfonamides is 1. The second-order valence-electron chi connectivity index (χ2n) is 10.5. The third-order valence-electron chi connectivity index (χ3n) is 7.50. The minimum atomic E-state index is -4.10. The van der Waals surface area contributed by atoms with Gasteiger partial charge in [0.05, 0.1) is 10.6 Å². The SMILES string of the molecule is CCC(C)NC(=O)C(C)N(Cc1ccccc1C)C(=O)CN(c1cccc(C)c1C)S(=O)(=O)c1ccc(C)cc1. The average molecular weight is 564 g/mol. The van der Waals surface area contributed by atoms with E-state index in [1.165, 1.54) is 9.21 Å². The minimum Gasteiger partial charge on any atom is -0.352 e. The van der Waals surface area contributed by atoms with Crippen molar-refractivity contribution in [1.82, 2.24) is 10.2 Å². The summed E-state index contributed by atoms with van der Waals surface area (Å²) in [6.45, 7) is 12.9. The third-order valence-corrected chi connectivity index (χ3v) is 9.28. The molecular weight excluding hydrogens is 522 g/mol. The van der Waals surface area contributed by atoms with Crippen molar-refractivity contribution in [2.75, 3.05) is 10.8 Å². The van der Waals surface area contributed by atoms with Gasteiger partial charge in [0, 0.05) is 12.6 Å². The number of nitrogens with one attached hydrogen (secondary N) is 1. The van der Waals surface area contributed by atoms with Gasteiger partial charge in [0.25, 0.3) is 10.0 Å². The molecule has 0 fully saturated rings. The Labute approximate surface area is 239 Å². The number of carbonyl (C=O) groups is 2. The van der Waals surface area contributed by atoms with Crippen LogP contribution in [-0.4, -0.2) is 43.8 Å². The Hall–Kier alpha value is -3.65. The summed E-state index contributed by atoms with van der Waals surface area (Å²) in [6.07, 6.45) is 0.749. The maximum atomic E-state index is 14.1. The number of carbonyl (C=O) groups excluding carboxylic acids is 2. The summed E-state index contributed by atoms with van der Waals surface area (Å²) in [6, 6.07) is 18.8. The maximum absolute atomic E-state index is 14.1. The van der Waals surface area contributed by atoms with Crippen LogP contribution >= 0.6 is 0 Å². The molecule has 0 radical (unpaired) electrons. The second-order valence-corrected chi connectivity index (χ2v) is 12.3. The number of benzene rings is 3. The Morgan fingerprint density at radius 1 is 0.850 bits per heavy atom. The van der Waals surface area contributed by atoms with Gasteiger partial charge in [-0.3, -0.25) is 13.9 Å². The molecule has 3 aromatic carbocycles. The van der Waals surface area contributed by atoms with Crippen molar-refractivity contribution in [2.24, 2.45) is 0 Å². The van der Waals surface area contributed by atoms with Crippen LogP contribution in [0.15, 0.2) is 71.6 Å². The normalized spacial score (nSPS) is 12.9. The Kier molecular flexibility index (Phi) is 10.1. The van der Waals surface area contributed by atoms with Crippen LogP contribution in [0.5, 0.6) is 0 Å². The Bertz CT molecular complexity index is 1450. The monoisotopic (exact) mass is 563 g/mol. The number of aryl methyl sites for hydroxylation is 3. The van der Waals surface area contributed by atoms with Crippen molar-refractivity contribution in [1.29, 1.82) is 0 Å². The molecule has 0 spiro atoms. The third kappa shape index (κ3) is 7.10. The van der Waals surface area contributed by atoms with Crippen molar-refractivity contribution < 1.29 is 18.0 Å².